The number of hydrogen-bond donors (Lipinski definition) is 1. The molecule has 0 saturated heterocycles. The number of rotatable bonds is 3. The van der Waals surface area contributed by atoms with Crippen molar-refractivity contribution in [3.05, 3.63) is 69.2 Å². The molecule has 2 rings (SSSR count). The van der Waals surface area contributed by atoms with Crippen LogP contribution in [0.25, 0.3) is 0 Å². The molecule has 3 nitrogen and oxygen atoms in total. The second-order valence-electron chi connectivity index (χ2n) is 3.73. The van der Waals surface area contributed by atoms with Gasteiger partial charge in [-0.25, -0.2) is 5.43 Å². The van der Waals surface area contributed by atoms with Crippen LogP contribution in [0.5, 0.6) is 0 Å². The van der Waals surface area contributed by atoms with Crippen LogP contribution >= 0.6 is 27.5 Å². The first-order valence-electron chi connectivity index (χ1n) is 5.50. The van der Waals surface area contributed by atoms with Crippen LogP contribution in [0, 0.1) is 0 Å². The van der Waals surface area contributed by atoms with E-state index in [1.54, 1.807) is 36.5 Å². The molecule has 2 aromatic rings. The van der Waals surface area contributed by atoms with E-state index in [4.69, 9.17) is 11.6 Å². The van der Waals surface area contributed by atoms with E-state index in [0.29, 0.717) is 10.6 Å². The predicted molar refractivity (Wildman–Crippen MR) is 80.7 cm³/mol. The highest BCUT2D eigenvalue weighted by Gasteiger charge is 2.07. The lowest BCUT2D eigenvalue weighted by Crippen LogP contribution is -2.18. The maximum atomic E-state index is 11.8. The molecule has 0 spiro atoms. The van der Waals surface area contributed by atoms with Gasteiger partial charge in [0.05, 0.1) is 11.8 Å². The van der Waals surface area contributed by atoms with Crippen molar-refractivity contribution in [2.45, 2.75) is 0 Å². The summed E-state index contributed by atoms with van der Waals surface area (Å²) in [6.45, 7) is 0. The van der Waals surface area contributed by atoms with E-state index in [0.717, 1.165) is 10.0 Å². The number of nitrogens with one attached hydrogen (secondary N) is 1. The van der Waals surface area contributed by atoms with Crippen LogP contribution < -0.4 is 5.43 Å². The van der Waals surface area contributed by atoms with Crippen molar-refractivity contribution >= 4 is 39.7 Å². The SMILES string of the molecule is O=C(N/N=C/c1ccc(Cl)cc1)c1ccccc1Br. The summed E-state index contributed by atoms with van der Waals surface area (Å²) >= 11 is 9.09. The van der Waals surface area contributed by atoms with Gasteiger partial charge >= 0.3 is 0 Å². The molecule has 0 heterocycles. The van der Waals surface area contributed by atoms with E-state index >= 15 is 0 Å². The lowest BCUT2D eigenvalue weighted by atomic mass is 10.2. The average molecular weight is 338 g/mol. The standard InChI is InChI=1S/C14H10BrClN2O/c15-13-4-2-1-3-12(13)14(19)18-17-9-10-5-7-11(16)8-6-10/h1-9H,(H,18,19)/b17-9+. The Balaban J connectivity index is 2.01. The molecule has 0 saturated carbocycles. The molecule has 0 bridgehead atoms. The second-order valence-corrected chi connectivity index (χ2v) is 5.02. The number of hydrogen-bond acceptors (Lipinski definition) is 2. The number of carbonyl (C=O) groups excluding carboxylic acids is 1. The fraction of sp³-hybridized carbons (Fsp3) is 0. The summed E-state index contributed by atoms with van der Waals surface area (Å²) < 4.78 is 0.731. The lowest BCUT2D eigenvalue weighted by molar-refractivity contribution is 0.0954. The number of amides is 1. The molecule has 0 atom stereocenters. The molecule has 2 aromatic carbocycles. The third-order valence-electron chi connectivity index (χ3n) is 2.37. The Morgan fingerprint density at radius 3 is 2.53 bits per heavy atom. The molecule has 0 fully saturated rings. The maximum Gasteiger partial charge on any atom is 0.272 e. The molecule has 0 aromatic heterocycles. The quantitative estimate of drug-likeness (QED) is 0.670. The van der Waals surface area contributed by atoms with Crippen molar-refractivity contribution in [1.82, 2.24) is 5.43 Å². The summed E-state index contributed by atoms with van der Waals surface area (Å²) in [5, 5.41) is 4.56. The monoisotopic (exact) mass is 336 g/mol. The van der Waals surface area contributed by atoms with E-state index < -0.39 is 0 Å². The van der Waals surface area contributed by atoms with Gasteiger partial charge in [-0.1, -0.05) is 35.9 Å². The van der Waals surface area contributed by atoms with Crippen LogP contribution in [0.1, 0.15) is 15.9 Å². The molecule has 0 aliphatic rings. The summed E-state index contributed by atoms with van der Waals surface area (Å²) in [6.07, 6.45) is 1.56. The van der Waals surface area contributed by atoms with Crippen LogP contribution in [0.15, 0.2) is 58.1 Å². The highest BCUT2D eigenvalue weighted by atomic mass is 79.9. The number of nitrogens with zero attached hydrogens (tertiary/aromatic N) is 1. The van der Waals surface area contributed by atoms with Gasteiger partial charge in [-0.3, -0.25) is 4.79 Å². The van der Waals surface area contributed by atoms with Gasteiger partial charge in [-0.05, 0) is 45.8 Å². The van der Waals surface area contributed by atoms with Crippen molar-refractivity contribution in [3.63, 3.8) is 0 Å². The van der Waals surface area contributed by atoms with E-state index in [2.05, 4.69) is 26.5 Å². The summed E-state index contributed by atoms with van der Waals surface area (Å²) in [5.74, 6) is -0.266. The maximum absolute atomic E-state index is 11.8. The van der Waals surface area contributed by atoms with Gasteiger partial charge in [0.2, 0.25) is 0 Å². The fourth-order valence-corrected chi connectivity index (χ4v) is 2.01. The minimum absolute atomic E-state index is 0.266. The highest BCUT2D eigenvalue weighted by Crippen LogP contribution is 2.15. The largest absolute Gasteiger partial charge is 0.272 e. The number of benzene rings is 2. The first-order chi connectivity index (χ1) is 9.16. The Kier molecular flexibility index (Phi) is 4.71. The number of halogens is 2. The van der Waals surface area contributed by atoms with Crippen molar-refractivity contribution in [2.75, 3.05) is 0 Å². The van der Waals surface area contributed by atoms with Crippen molar-refractivity contribution < 1.29 is 4.79 Å². The molecule has 0 radical (unpaired) electrons. The van der Waals surface area contributed by atoms with Crippen LogP contribution in [0.3, 0.4) is 0 Å². The van der Waals surface area contributed by atoms with Crippen LogP contribution in [-0.2, 0) is 0 Å². The zero-order chi connectivity index (χ0) is 13.7. The minimum Gasteiger partial charge on any atom is -0.267 e. The summed E-state index contributed by atoms with van der Waals surface area (Å²) in [7, 11) is 0. The second kappa shape index (κ2) is 6.50. The van der Waals surface area contributed by atoms with Crippen molar-refractivity contribution in [2.24, 2.45) is 5.10 Å². The molecule has 1 N–H and O–H groups in total. The zero-order valence-electron chi connectivity index (χ0n) is 9.81. The molecule has 96 valence electrons. The zero-order valence-corrected chi connectivity index (χ0v) is 12.1. The van der Waals surface area contributed by atoms with Crippen LogP contribution in [0.2, 0.25) is 5.02 Å². The Morgan fingerprint density at radius 1 is 1.16 bits per heavy atom. The van der Waals surface area contributed by atoms with Gasteiger partial charge in [0, 0.05) is 9.50 Å². The lowest BCUT2D eigenvalue weighted by Gasteiger charge is -2.01. The topological polar surface area (TPSA) is 41.5 Å². The van der Waals surface area contributed by atoms with Gasteiger partial charge < -0.3 is 0 Å². The molecular formula is C14H10BrClN2O. The molecule has 0 aliphatic heterocycles. The number of hydrazone groups is 1. The average Bonchev–Trinajstić information content (AvgIpc) is 2.41. The third-order valence-corrected chi connectivity index (χ3v) is 3.31. The molecule has 0 unspecified atom stereocenters. The van der Waals surface area contributed by atoms with Crippen LogP contribution in [0.4, 0.5) is 0 Å². The fourth-order valence-electron chi connectivity index (χ4n) is 1.42. The first-order valence-corrected chi connectivity index (χ1v) is 6.67. The highest BCUT2D eigenvalue weighted by molar-refractivity contribution is 9.10. The Bertz CT molecular complexity index is 611. The summed E-state index contributed by atoms with van der Waals surface area (Å²) in [5.41, 5.74) is 3.87. The molecule has 5 heteroatoms. The van der Waals surface area contributed by atoms with Gasteiger partial charge in [0.25, 0.3) is 5.91 Å². The smallest absolute Gasteiger partial charge is 0.267 e. The molecule has 19 heavy (non-hydrogen) atoms. The predicted octanol–water partition coefficient (Wildman–Crippen LogP) is 3.87. The Hall–Kier alpha value is -1.65. The van der Waals surface area contributed by atoms with Crippen molar-refractivity contribution in [1.29, 1.82) is 0 Å². The Labute approximate surface area is 124 Å². The summed E-state index contributed by atoms with van der Waals surface area (Å²) in [4.78, 5) is 11.8. The van der Waals surface area contributed by atoms with Gasteiger partial charge in [0.1, 0.15) is 0 Å². The van der Waals surface area contributed by atoms with E-state index in [1.165, 1.54) is 0 Å². The van der Waals surface area contributed by atoms with E-state index in [9.17, 15) is 4.79 Å². The minimum atomic E-state index is -0.266. The van der Waals surface area contributed by atoms with E-state index in [-0.39, 0.29) is 5.91 Å². The molecule has 1 amide bonds. The van der Waals surface area contributed by atoms with Crippen LogP contribution in [-0.4, -0.2) is 12.1 Å². The Morgan fingerprint density at radius 2 is 1.84 bits per heavy atom. The van der Waals surface area contributed by atoms with Gasteiger partial charge in [-0.2, -0.15) is 5.10 Å². The molecule has 0 aliphatic carbocycles. The normalized spacial score (nSPS) is 10.6. The summed E-state index contributed by atoms with van der Waals surface area (Å²) in [6, 6.07) is 14.3. The van der Waals surface area contributed by atoms with Gasteiger partial charge in [0.15, 0.2) is 0 Å². The first kappa shape index (κ1) is 13.8. The van der Waals surface area contributed by atoms with E-state index in [1.807, 2.05) is 18.2 Å². The van der Waals surface area contributed by atoms with Gasteiger partial charge in [-0.15, -0.1) is 0 Å². The third kappa shape index (κ3) is 3.91. The number of carbonyl (C=O) groups is 1. The molecular weight excluding hydrogens is 328 g/mol. The van der Waals surface area contributed by atoms with Crippen molar-refractivity contribution in [3.8, 4) is 0 Å².